The summed E-state index contributed by atoms with van der Waals surface area (Å²) in [5.41, 5.74) is 11.9. The van der Waals surface area contributed by atoms with Crippen LogP contribution in [-0.2, 0) is 18.3 Å². The standard InChI is InChI=1S/C59H54/c1-3-5-7-9-33-59(34-10-8-6-4-2)53-37-39(35-47-25-23-45-21-19-41-13-11-15-43-27-31-49(47)57(45)55(41)43)17-29-51(53)52-30-18-40(38-54(52)59)36-48-26-24-46-22-20-42-14-12-16-44-28-32-50(48)58(46)56(42)44/h11-32,37-38H,3-10,33-36H2,1-2H3. The van der Waals surface area contributed by atoms with E-state index >= 15 is 0 Å². The van der Waals surface area contributed by atoms with Gasteiger partial charge in [0.25, 0.3) is 0 Å². The lowest BCUT2D eigenvalue weighted by atomic mass is 9.70. The normalized spacial score (nSPS) is 13.5. The summed E-state index contributed by atoms with van der Waals surface area (Å²) in [5, 5.41) is 16.5. The fraction of sp³-hybridized carbons (Fsp3) is 0.254. The summed E-state index contributed by atoms with van der Waals surface area (Å²) in [7, 11) is 0. The minimum Gasteiger partial charge on any atom is -0.0654 e. The van der Waals surface area contributed by atoms with Gasteiger partial charge in [0.15, 0.2) is 0 Å². The van der Waals surface area contributed by atoms with Crippen molar-refractivity contribution in [1.82, 2.24) is 0 Å². The highest BCUT2D eigenvalue weighted by molar-refractivity contribution is 6.24. The van der Waals surface area contributed by atoms with Gasteiger partial charge in [-0.05, 0) is 135 Å². The highest BCUT2D eigenvalue weighted by Gasteiger charge is 2.42. The molecule has 0 nitrogen and oxygen atoms in total. The van der Waals surface area contributed by atoms with Crippen molar-refractivity contribution < 1.29 is 0 Å². The van der Waals surface area contributed by atoms with Crippen LogP contribution in [0.3, 0.4) is 0 Å². The smallest absolute Gasteiger partial charge is 0.0215 e. The van der Waals surface area contributed by atoms with Crippen molar-refractivity contribution in [2.24, 2.45) is 0 Å². The highest BCUT2D eigenvalue weighted by Crippen LogP contribution is 2.55. The lowest BCUT2D eigenvalue weighted by Crippen LogP contribution is -2.26. The first-order valence-electron chi connectivity index (χ1n) is 22.7. The first-order valence-corrected chi connectivity index (χ1v) is 22.7. The van der Waals surface area contributed by atoms with Gasteiger partial charge in [0.05, 0.1) is 0 Å². The maximum absolute atomic E-state index is 2.66. The molecule has 0 heterocycles. The summed E-state index contributed by atoms with van der Waals surface area (Å²) in [6.07, 6.45) is 14.7. The summed E-state index contributed by atoms with van der Waals surface area (Å²) < 4.78 is 0. The Hall–Kier alpha value is -5.72. The molecule has 290 valence electrons. The third kappa shape index (κ3) is 6.01. The monoisotopic (exact) mass is 762 g/mol. The van der Waals surface area contributed by atoms with Gasteiger partial charge in [-0.1, -0.05) is 211 Å². The molecule has 0 saturated carbocycles. The third-order valence-corrected chi connectivity index (χ3v) is 14.4. The summed E-state index contributed by atoms with van der Waals surface area (Å²) in [6.45, 7) is 4.69. The van der Waals surface area contributed by atoms with Crippen molar-refractivity contribution >= 4 is 64.6 Å². The van der Waals surface area contributed by atoms with Crippen molar-refractivity contribution in [2.75, 3.05) is 0 Å². The van der Waals surface area contributed by atoms with Gasteiger partial charge >= 0.3 is 0 Å². The molecule has 0 spiro atoms. The molecule has 0 atom stereocenters. The van der Waals surface area contributed by atoms with Crippen LogP contribution in [0.1, 0.15) is 111 Å². The second kappa shape index (κ2) is 14.8. The molecule has 10 aromatic rings. The van der Waals surface area contributed by atoms with E-state index in [4.69, 9.17) is 0 Å². The second-order valence-electron chi connectivity index (χ2n) is 18.0. The fourth-order valence-electron chi connectivity index (χ4n) is 11.5. The van der Waals surface area contributed by atoms with Crippen LogP contribution in [0.15, 0.2) is 146 Å². The van der Waals surface area contributed by atoms with Crippen molar-refractivity contribution in [2.45, 2.75) is 96.3 Å². The van der Waals surface area contributed by atoms with Crippen LogP contribution in [0.2, 0.25) is 0 Å². The molecule has 0 N–H and O–H groups in total. The number of hydrogen-bond donors (Lipinski definition) is 0. The van der Waals surface area contributed by atoms with E-state index in [1.165, 1.54) is 162 Å². The number of benzene rings is 10. The zero-order valence-electron chi connectivity index (χ0n) is 34.8. The van der Waals surface area contributed by atoms with Gasteiger partial charge in [0, 0.05) is 5.41 Å². The Bertz CT molecular complexity index is 2900. The number of fused-ring (bicyclic) bond motifs is 3. The van der Waals surface area contributed by atoms with E-state index in [-0.39, 0.29) is 5.41 Å². The van der Waals surface area contributed by atoms with Crippen LogP contribution >= 0.6 is 0 Å². The van der Waals surface area contributed by atoms with Crippen molar-refractivity contribution in [1.29, 1.82) is 0 Å². The molecule has 11 rings (SSSR count). The minimum absolute atomic E-state index is 0.0312. The van der Waals surface area contributed by atoms with E-state index in [0.29, 0.717) is 0 Å². The Balaban J connectivity index is 1.01. The van der Waals surface area contributed by atoms with Crippen molar-refractivity contribution in [3.63, 3.8) is 0 Å². The molecule has 59 heavy (non-hydrogen) atoms. The van der Waals surface area contributed by atoms with Crippen LogP contribution in [0.4, 0.5) is 0 Å². The number of hydrogen-bond acceptors (Lipinski definition) is 0. The molecule has 0 heteroatoms. The topological polar surface area (TPSA) is 0 Å². The molecule has 0 saturated heterocycles. The van der Waals surface area contributed by atoms with E-state index in [2.05, 4.69) is 159 Å². The number of rotatable bonds is 14. The van der Waals surface area contributed by atoms with Gasteiger partial charge < -0.3 is 0 Å². The summed E-state index contributed by atoms with van der Waals surface area (Å²) in [4.78, 5) is 0. The van der Waals surface area contributed by atoms with Crippen molar-refractivity contribution in [3.8, 4) is 11.1 Å². The molecular weight excluding hydrogens is 709 g/mol. The maximum atomic E-state index is 2.66. The molecular formula is C59H54. The fourth-order valence-corrected chi connectivity index (χ4v) is 11.5. The Morgan fingerprint density at radius 3 is 1.17 bits per heavy atom. The predicted molar refractivity (Wildman–Crippen MR) is 256 cm³/mol. The summed E-state index contributed by atoms with van der Waals surface area (Å²) in [6, 6.07) is 56.8. The Labute approximate surface area is 349 Å². The van der Waals surface area contributed by atoms with E-state index in [1.807, 2.05) is 0 Å². The first kappa shape index (κ1) is 36.4. The SMILES string of the molecule is CCCCCCC1(CCCCCC)c2cc(Cc3ccc4ccc5cccc6ccc3c4c56)ccc2-c2ccc(Cc3ccc4ccc5cccc6ccc3c4c56)cc21. The Kier molecular flexibility index (Phi) is 9.14. The van der Waals surface area contributed by atoms with Crippen molar-refractivity contribution in [3.05, 3.63) is 179 Å². The number of unbranched alkanes of at least 4 members (excludes halogenated alkanes) is 6. The van der Waals surface area contributed by atoms with E-state index in [0.717, 1.165) is 12.8 Å². The lowest BCUT2D eigenvalue weighted by molar-refractivity contribution is 0.400. The average molecular weight is 763 g/mol. The van der Waals surface area contributed by atoms with Gasteiger partial charge in [-0.25, -0.2) is 0 Å². The summed E-state index contributed by atoms with van der Waals surface area (Å²) >= 11 is 0. The van der Waals surface area contributed by atoms with E-state index in [1.54, 1.807) is 11.1 Å². The highest BCUT2D eigenvalue weighted by atomic mass is 14.5. The molecule has 0 aromatic heterocycles. The first-order chi connectivity index (χ1) is 29.1. The molecule has 0 fully saturated rings. The molecule has 1 aliphatic rings. The van der Waals surface area contributed by atoms with Crippen LogP contribution in [-0.4, -0.2) is 0 Å². The quantitative estimate of drug-likeness (QED) is 0.0764. The van der Waals surface area contributed by atoms with Crippen LogP contribution in [0.5, 0.6) is 0 Å². The van der Waals surface area contributed by atoms with Gasteiger partial charge in [0.1, 0.15) is 0 Å². The zero-order valence-corrected chi connectivity index (χ0v) is 34.8. The Morgan fingerprint density at radius 1 is 0.356 bits per heavy atom. The molecule has 0 amide bonds. The molecule has 0 unspecified atom stereocenters. The maximum Gasteiger partial charge on any atom is 0.0215 e. The van der Waals surface area contributed by atoms with Crippen LogP contribution < -0.4 is 0 Å². The molecule has 0 aliphatic heterocycles. The van der Waals surface area contributed by atoms with Gasteiger partial charge in [-0.2, -0.15) is 0 Å². The average Bonchev–Trinajstić information content (AvgIpc) is 3.53. The molecule has 0 radical (unpaired) electrons. The summed E-state index contributed by atoms with van der Waals surface area (Å²) in [5.74, 6) is 0. The predicted octanol–water partition coefficient (Wildman–Crippen LogP) is 16.9. The van der Waals surface area contributed by atoms with Gasteiger partial charge in [-0.15, -0.1) is 0 Å². The van der Waals surface area contributed by atoms with Crippen LogP contribution in [0.25, 0.3) is 75.8 Å². The largest absolute Gasteiger partial charge is 0.0654 e. The minimum atomic E-state index is 0.0312. The van der Waals surface area contributed by atoms with E-state index in [9.17, 15) is 0 Å². The van der Waals surface area contributed by atoms with Crippen LogP contribution in [0, 0.1) is 0 Å². The molecule has 10 aromatic carbocycles. The molecule has 0 bridgehead atoms. The van der Waals surface area contributed by atoms with Gasteiger partial charge in [0.2, 0.25) is 0 Å². The third-order valence-electron chi connectivity index (χ3n) is 14.4. The van der Waals surface area contributed by atoms with Gasteiger partial charge in [-0.3, -0.25) is 0 Å². The molecule has 1 aliphatic carbocycles. The van der Waals surface area contributed by atoms with E-state index < -0.39 is 0 Å². The second-order valence-corrected chi connectivity index (χ2v) is 18.0. The Morgan fingerprint density at radius 2 is 0.746 bits per heavy atom. The zero-order chi connectivity index (χ0) is 39.5. The lowest BCUT2D eigenvalue weighted by Gasteiger charge is -2.33.